The van der Waals surface area contributed by atoms with E-state index in [4.69, 9.17) is 0 Å². The topological polar surface area (TPSA) is 0 Å². The van der Waals surface area contributed by atoms with Gasteiger partial charge in [0.15, 0.2) is 0 Å². The summed E-state index contributed by atoms with van der Waals surface area (Å²) in [6.45, 7) is 8.82. The minimum Gasteiger partial charge on any atom is -1.00 e. The molecule has 12 heavy (non-hydrogen) atoms. The lowest BCUT2D eigenvalue weighted by Gasteiger charge is -2.41. The zero-order chi connectivity index (χ0) is 8.32. The molecule has 0 N–H and O–H groups in total. The predicted octanol–water partition coefficient (Wildman–Crippen LogP) is -0.805. The Morgan fingerprint density at radius 3 is 2.17 bits per heavy atom. The van der Waals surface area contributed by atoms with Crippen LogP contribution < -0.4 is 12.4 Å². The molecule has 1 atom stereocenters. The molecule has 1 unspecified atom stereocenters. The summed E-state index contributed by atoms with van der Waals surface area (Å²) < 4.78 is 1.21. The van der Waals surface area contributed by atoms with Crippen LogP contribution in [0.2, 0.25) is 0 Å². The molecule has 72 valence electrons. The molecular weight excluding hydrogens is 170 g/mol. The minimum atomic E-state index is 0. The molecule has 0 aromatic rings. The first kappa shape index (κ1) is 12.0. The van der Waals surface area contributed by atoms with Crippen LogP contribution in [0.1, 0.15) is 26.2 Å². The maximum Gasteiger partial charge on any atom is 0.104 e. The van der Waals surface area contributed by atoms with Gasteiger partial charge in [-0.25, -0.2) is 0 Å². The van der Waals surface area contributed by atoms with Gasteiger partial charge >= 0.3 is 0 Å². The second kappa shape index (κ2) is 4.88. The van der Waals surface area contributed by atoms with Crippen molar-refractivity contribution in [3.8, 4) is 0 Å². The van der Waals surface area contributed by atoms with E-state index in [1.165, 1.54) is 36.8 Å². The molecule has 1 aliphatic heterocycles. The molecule has 1 saturated heterocycles. The normalized spacial score (nSPS) is 23.8. The van der Waals surface area contributed by atoms with Crippen molar-refractivity contribution in [2.45, 2.75) is 32.2 Å². The van der Waals surface area contributed by atoms with E-state index < -0.39 is 0 Å². The fraction of sp³-hybridized carbons (Fsp3) is 0.800. The number of nitrogens with zero attached hydrogens (tertiary/aromatic N) is 1. The molecule has 1 nitrogen and oxygen atoms in total. The van der Waals surface area contributed by atoms with Crippen molar-refractivity contribution in [3.63, 3.8) is 0 Å². The number of rotatable bonds is 2. The van der Waals surface area contributed by atoms with Crippen LogP contribution in [-0.2, 0) is 0 Å². The Bertz CT molecular complexity index is 139. The van der Waals surface area contributed by atoms with Crippen molar-refractivity contribution in [1.82, 2.24) is 0 Å². The number of likely N-dealkylation sites (tertiary alicyclic amines) is 1. The number of quaternary nitrogens is 1. The number of likely N-dealkylation sites (N-methyl/N-ethyl adjacent to an activating group) is 1. The van der Waals surface area contributed by atoms with Crippen molar-refractivity contribution >= 4 is 0 Å². The lowest BCUT2D eigenvalue weighted by Crippen LogP contribution is -3.00. The van der Waals surface area contributed by atoms with E-state index in [2.05, 4.69) is 26.6 Å². The lowest BCUT2D eigenvalue weighted by atomic mass is 10.1. The smallest absolute Gasteiger partial charge is 0.104 e. The molecule has 0 saturated carbocycles. The molecule has 1 aliphatic rings. The van der Waals surface area contributed by atoms with Crippen LogP contribution in [0.4, 0.5) is 0 Å². The summed E-state index contributed by atoms with van der Waals surface area (Å²) in [6, 6.07) is 0.635. The average molecular weight is 190 g/mol. The van der Waals surface area contributed by atoms with E-state index in [0.29, 0.717) is 6.04 Å². The lowest BCUT2D eigenvalue weighted by molar-refractivity contribution is -0.929. The third-order valence-corrected chi connectivity index (χ3v) is 3.16. The van der Waals surface area contributed by atoms with Crippen molar-refractivity contribution < 1.29 is 16.9 Å². The summed E-state index contributed by atoms with van der Waals surface area (Å²) in [6.07, 6.45) is 6.31. The molecule has 1 heterocycles. The van der Waals surface area contributed by atoms with E-state index in [-0.39, 0.29) is 12.4 Å². The zero-order valence-corrected chi connectivity index (χ0v) is 8.98. The highest BCUT2D eigenvalue weighted by Crippen LogP contribution is 2.20. The van der Waals surface area contributed by atoms with Crippen LogP contribution in [-0.4, -0.2) is 30.7 Å². The Labute approximate surface area is 82.5 Å². The molecule has 1 rings (SSSR count). The number of hydrogen-bond acceptors (Lipinski definition) is 0. The first-order valence-corrected chi connectivity index (χ1v) is 4.66. The van der Waals surface area contributed by atoms with Crippen LogP contribution in [0.15, 0.2) is 12.7 Å². The summed E-state index contributed by atoms with van der Waals surface area (Å²) in [4.78, 5) is 0. The van der Waals surface area contributed by atoms with Gasteiger partial charge in [0.1, 0.15) is 6.04 Å². The molecule has 0 spiro atoms. The van der Waals surface area contributed by atoms with Crippen LogP contribution in [0.5, 0.6) is 0 Å². The molecule has 2 heteroatoms. The third kappa shape index (κ3) is 2.49. The minimum absolute atomic E-state index is 0. The van der Waals surface area contributed by atoms with Crippen molar-refractivity contribution in [3.05, 3.63) is 12.7 Å². The predicted molar refractivity (Wildman–Crippen MR) is 49.4 cm³/mol. The van der Waals surface area contributed by atoms with Gasteiger partial charge in [0, 0.05) is 0 Å². The van der Waals surface area contributed by atoms with Gasteiger partial charge in [-0.05, 0) is 32.3 Å². The Balaban J connectivity index is 0.00000121. The van der Waals surface area contributed by atoms with Gasteiger partial charge in [-0.3, -0.25) is 0 Å². The first-order chi connectivity index (χ1) is 5.19. The highest BCUT2D eigenvalue weighted by atomic mass is 35.5. The fourth-order valence-electron chi connectivity index (χ4n) is 1.90. The summed E-state index contributed by atoms with van der Waals surface area (Å²) in [5, 5.41) is 0. The molecule has 0 aromatic heterocycles. The van der Waals surface area contributed by atoms with Crippen LogP contribution in [0, 0.1) is 0 Å². The summed E-state index contributed by atoms with van der Waals surface area (Å²) in [7, 11) is 2.35. The van der Waals surface area contributed by atoms with Gasteiger partial charge in [-0.1, -0.05) is 6.58 Å². The Hall–Kier alpha value is -0.0100. The molecule has 0 aliphatic carbocycles. The molecule has 0 aromatic carbocycles. The highest BCUT2D eigenvalue weighted by molar-refractivity contribution is 4.77. The van der Waals surface area contributed by atoms with Crippen LogP contribution in [0.25, 0.3) is 0 Å². The molecule has 1 fully saturated rings. The Morgan fingerprint density at radius 2 is 1.75 bits per heavy atom. The second-order valence-electron chi connectivity index (χ2n) is 3.96. The Kier molecular flexibility index (Phi) is 4.88. The van der Waals surface area contributed by atoms with E-state index in [1.807, 2.05) is 0 Å². The summed E-state index contributed by atoms with van der Waals surface area (Å²) >= 11 is 0. The van der Waals surface area contributed by atoms with Gasteiger partial charge in [0.2, 0.25) is 0 Å². The van der Waals surface area contributed by atoms with Gasteiger partial charge in [0.25, 0.3) is 0 Å². The maximum atomic E-state index is 3.87. The standard InChI is InChI=1S/C10H20N.ClH/c1-4-10(2)11(3)8-6-5-7-9-11;/h4,10H,1,5-9H2,2-3H3;1H/q+1;/p-1. The maximum absolute atomic E-state index is 3.87. The van der Waals surface area contributed by atoms with Gasteiger partial charge < -0.3 is 16.9 Å². The average Bonchev–Trinajstić information content (AvgIpc) is 2.04. The zero-order valence-electron chi connectivity index (χ0n) is 8.22. The third-order valence-electron chi connectivity index (χ3n) is 3.16. The van der Waals surface area contributed by atoms with Gasteiger partial charge in [0.05, 0.1) is 20.1 Å². The largest absolute Gasteiger partial charge is 1.00 e. The quantitative estimate of drug-likeness (QED) is 0.394. The van der Waals surface area contributed by atoms with Gasteiger partial charge in [-0.2, -0.15) is 0 Å². The van der Waals surface area contributed by atoms with E-state index in [9.17, 15) is 0 Å². The first-order valence-electron chi connectivity index (χ1n) is 4.66. The monoisotopic (exact) mass is 189 g/mol. The molecular formula is C10H20ClN. The van der Waals surface area contributed by atoms with Crippen LogP contribution in [0.3, 0.4) is 0 Å². The number of halogens is 1. The Morgan fingerprint density at radius 1 is 1.25 bits per heavy atom. The van der Waals surface area contributed by atoms with E-state index in [0.717, 1.165) is 0 Å². The number of piperidine rings is 1. The van der Waals surface area contributed by atoms with Crippen molar-refractivity contribution in [2.75, 3.05) is 20.1 Å². The van der Waals surface area contributed by atoms with Crippen LogP contribution >= 0.6 is 0 Å². The molecule has 0 amide bonds. The summed E-state index contributed by atoms with van der Waals surface area (Å²) in [5.41, 5.74) is 0. The van der Waals surface area contributed by atoms with Gasteiger partial charge in [-0.15, -0.1) is 0 Å². The highest BCUT2D eigenvalue weighted by Gasteiger charge is 2.28. The molecule has 0 radical (unpaired) electrons. The van der Waals surface area contributed by atoms with E-state index >= 15 is 0 Å². The van der Waals surface area contributed by atoms with E-state index in [1.54, 1.807) is 0 Å². The second-order valence-corrected chi connectivity index (χ2v) is 3.96. The SMILES string of the molecule is C=CC(C)[N+]1(C)CCCCC1.[Cl-]. The summed E-state index contributed by atoms with van der Waals surface area (Å²) in [5.74, 6) is 0. The molecule has 0 bridgehead atoms. The van der Waals surface area contributed by atoms with Crippen molar-refractivity contribution in [2.24, 2.45) is 0 Å². The fourth-order valence-corrected chi connectivity index (χ4v) is 1.90. The number of hydrogen-bond donors (Lipinski definition) is 0. The van der Waals surface area contributed by atoms with Crippen molar-refractivity contribution in [1.29, 1.82) is 0 Å².